The third kappa shape index (κ3) is 5.33. The van der Waals surface area contributed by atoms with Crippen LogP contribution in [0.2, 0.25) is 0 Å². The summed E-state index contributed by atoms with van der Waals surface area (Å²) in [6.45, 7) is 5.76. The van der Waals surface area contributed by atoms with Crippen molar-refractivity contribution in [1.82, 2.24) is 5.32 Å². The second kappa shape index (κ2) is 8.36. The van der Waals surface area contributed by atoms with Gasteiger partial charge >= 0.3 is 0 Å². The summed E-state index contributed by atoms with van der Waals surface area (Å²) in [6.07, 6.45) is 1.11. The van der Waals surface area contributed by atoms with E-state index in [1.54, 1.807) is 12.1 Å². The highest BCUT2D eigenvalue weighted by Gasteiger charge is 2.22. The summed E-state index contributed by atoms with van der Waals surface area (Å²) in [5.74, 6) is 0.00506. The topological polar surface area (TPSA) is 66.5 Å². The molecule has 0 radical (unpaired) electrons. The maximum atomic E-state index is 12.4. The minimum Gasteiger partial charge on any atom is -0.348 e. The molecule has 2 aromatic rings. The zero-order valence-electron chi connectivity index (χ0n) is 15.6. The van der Waals surface area contributed by atoms with E-state index in [1.165, 1.54) is 0 Å². The summed E-state index contributed by atoms with van der Waals surface area (Å²) in [4.78, 5) is 12.4. The first kappa shape index (κ1) is 20.0. The SMILES string of the molecule is CC(C)c1ccc(N(CC(=O)N[C@@H](C)c2ccccc2)S(C)(=O)=O)cc1. The van der Waals surface area contributed by atoms with Crippen LogP contribution in [0.1, 0.15) is 43.9 Å². The number of nitrogens with zero attached hydrogens (tertiary/aromatic N) is 1. The normalized spacial score (nSPS) is 12.7. The van der Waals surface area contributed by atoms with Gasteiger partial charge in [0.05, 0.1) is 18.0 Å². The molecule has 1 N–H and O–H groups in total. The van der Waals surface area contributed by atoms with Gasteiger partial charge in [0.2, 0.25) is 15.9 Å². The first-order valence-corrected chi connectivity index (χ1v) is 10.5. The van der Waals surface area contributed by atoms with Crippen LogP contribution in [-0.4, -0.2) is 27.1 Å². The van der Waals surface area contributed by atoms with Crippen LogP contribution in [-0.2, 0) is 14.8 Å². The van der Waals surface area contributed by atoms with Gasteiger partial charge < -0.3 is 5.32 Å². The van der Waals surface area contributed by atoms with Gasteiger partial charge in [-0.3, -0.25) is 9.10 Å². The average molecular weight is 375 g/mol. The highest BCUT2D eigenvalue weighted by Crippen LogP contribution is 2.22. The maximum absolute atomic E-state index is 12.4. The molecule has 0 aliphatic heterocycles. The quantitative estimate of drug-likeness (QED) is 0.807. The molecule has 0 saturated carbocycles. The number of hydrogen-bond acceptors (Lipinski definition) is 3. The fourth-order valence-electron chi connectivity index (χ4n) is 2.67. The van der Waals surface area contributed by atoms with Gasteiger partial charge in [-0.05, 0) is 36.1 Å². The number of anilines is 1. The molecule has 0 aliphatic rings. The monoisotopic (exact) mass is 374 g/mol. The van der Waals surface area contributed by atoms with Gasteiger partial charge in [0.1, 0.15) is 6.54 Å². The predicted molar refractivity (Wildman–Crippen MR) is 106 cm³/mol. The molecule has 140 valence electrons. The highest BCUT2D eigenvalue weighted by atomic mass is 32.2. The average Bonchev–Trinajstić information content (AvgIpc) is 2.59. The molecule has 1 atom stereocenters. The fraction of sp³-hybridized carbons (Fsp3) is 0.350. The smallest absolute Gasteiger partial charge is 0.241 e. The Balaban J connectivity index is 2.14. The standard InChI is InChI=1S/C20H26N2O3S/c1-15(2)17-10-12-19(13-11-17)22(26(4,24)25)14-20(23)21-16(3)18-8-6-5-7-9-18/h5-13,15-16H,14H2,1-4H3,(H,21,23)/t16-/m0/s1. The van der Waals surface area contributed by atoms with Gasteiger partial charge in [0, 0.05) is 0 Å². The summed E-state index contributed by atoms with van der Waals surface area (Å²) < 4.78 is 25.5. The van der Waals surface area contributed by atoms with Crippen molar-refractivity contribution in [2.75, 3.05) is 17.1 Å². The van der Waals surface area contributed by atoms with E-state index < -0.39 is 10.0 Å². The van der Waals surface area contributed by atoms with Crippen molar-refractivity contribution in [1.29, 1.82) is 0 Å². The van der Waals surface area contributed by atoms with E-state index in [0.29, 0.717) is 11.6 Å². The summed E-state index contributed by atoms with van der Waals surface area (Å²) in [7, 11) is -3.57. The fourth-order valence-corrected chi connectivity index (χ4v) is 3.52. The molecule has 0 fully saturated rings. The number of carbonyl (C=O) groups excluding carboxylic acids is 1. The lowest BCUT2D eigenvalue weighted by Crippen LogP contribution is -2.41. The second-order valence-corrected chi connectivity index (χ2v) is 8.62. The minimum atomic E-state index is -3.57. The van der Waals surface area contributed by atoms with Crippen LogP contribution in [0.15, 0.2) is 54.6 Å². The first-order chi connectivity index (χ1) is 12.2. The van der Waals surface area contributed by atoms with Crippen molar-refractivity contribution in [2.45, 2.75) is 32.7 Å². The van der Waals surface area contributed by atoms with E-state index >= 15 is 0 Å². The van der Waals surface area contributed by atoms with Crippen molar-refractivity contribution in [3.8, 4) is 0 Å². The zero-order valence-corrected chi connectivity index (χ0v) is 16.5. The zero-order chi connectivity index (χ0) is 19.3. The molecular formula is C20H26N2O3S. The van der Waals surface area contributed by atoms with E-state index in [0.717, 1.165) is 21.7 Å². The molecule has 0 aromatic heterocycles. The molecule has 0 spiro atoms. The van der Waals surface area contributed by atoms with Crippen LogP contribution in [0.4, 0.5) is 5.69 Å². The number of nitrogens with one attached hydrogen (secondary N) is 1. The molecule has 2 aromatic carbocycles. The molecule has 0 saturated heterocycles. The number of rotatable bonds is 7. The largest absolute Gasteiger partial charge is 0.348 e. The van der Waals surface area contributed by atoms with Gasteiger partial charge in [0.25, 0.3) is 0 Å². The Morgan fingerprint density at radius 1 is 0.962 bits per heavy atom. The number of benzene rings is 2. The number of hydrogen-bond donors (Lipinski definition) is 1. The Hall–Kier alpha value is -2.34. The van der Waals surface area contributed by atoms with E-state index in [9.17, 15) is 13.2 Å². The lowest BCUT2D eigenvalue weighted by atomic mass is 10.0. The van der Waals surface area contributed by atoms with Crippen molar-refractivity contribution < 1.29 is 13.2 Å². The molecule has 0 aliphatic carbocycles. The van der Waals surface area contributed by atoms with E-state index in [1.807, 2.05) is 49.4 Å². The lowest BCUT2D eigenvalue weighted by Gasteiger charge is -2.23. The molecule has 0 unspecified atom stereocenters. The van der Waals surface area contributed by atoms with Crippen molar-refractivity contribution in [2.24, 2.45) is 0 Å². The Bertz CT molecular complexity index is 831. The highest BCUT2D eigenvalue weighted by molar-refractivity contribution is 7.92. The second-order valence-electron chi connectivity index (χ2n) is 6.72. The molecule has 6 heteroatoms. The van der Waals surface area contributed by atoms with Crippen LogP contribution in [0.3, 0.4) is 0 Å². The minimum absolute atomic E-state index is 0.201. The van der Waals surface area contributed by atoms with Gasteiger partial charge in [-0.15, -0.1) is 0 Å². The first-order valence-electron chi connectivity index (χ1n) is 8.60. The van der Waals surface area contributed by atoms with Crippen LogP contribution in [0.5, 0.6) is 0 Å². The molecule has 26 heavy (non-hydrogen) atoms. The summed E-state index contributed by atoms with van der Waals surface area (Å²) in [5, 5.41) is 2.85. The van der Waals surface area contributed by atoms with Crippen LogP contribution in [0.25, 0.3) is 0 Å². The van der Waals surface area contributed by atoms with Crippen LogP contribution in [0, 0.1) is 0 Å². The summed E-state index contributed by atoms with van der Waals surface area (Å²) in [6, 6.07) is 16.6. The molecule has 2 rings (SSSR count). The third-order valence-electron chi connectivity index (χ3n) is 4.21. The Kier molecular flexibility index (Phi) is 6.42. The van der Waals surface area contributed by atoms with Crippen molar-refractivity contribution in [3.63, 3.8) is 0 Å². The van der Waals surface area contributed by atoms with Gasteiger partial charge in [0.15, 0.2) is 0 Å². The molecule has 5 nitrogen and oxygen atoms in total. The summed E-state index contributed by atoms with van der Waals surface area (Å²) >= 11 is 0. The third-order valence-corrected chi connectivity index (χ3v) is 5.35. The van der Waals surface area contributed by atoms with Gasteiger partial charge in [-0.1, -0.05) is 56.3 Å². The van der Waals surface area contributed by atoms with Crippen molar-refractivity contribution >= 4 is 21.6 Å². The van der Waals surface area contributed by atoms with Crippen LogP contribution >= 0.6 is 0 Å². The Morgan fingerprint density at radius 3 is 2.04 bits per heavy atom. The van der Waals surface area contributed by atoms with E-state index in [2.05, 4.69) is 19.2 Å². The number of carbonyl (C=O) groups is 1. The van der Waals surface area contributed by atoms with E-state index in [4.69, 9.17) is 0 Å². The maximum Gasteiger partial charge on any atom is 0.241 e. The van der Waals surface area contributed by atoms with Gasteiger partial charge in [-0.2, -0.15) is 0 Å². The lowest BCUT2D eigenvalue weighted by molar-refractivity contribution is -0.120. The molecule has 0 heterocycles. The molecular weight excluding hydrogens is 348 g/mol. The Morgan fingerprint density at radius 2 is 1.54 bits per heavy atom. The number of sulfonamides is 1. The van der Waals surface area contributed by atoms with E-state index in [-0.39, 0.29) is 18.5 Å². The summed E-state index contributed by atoms with van der Waals surface area (Å²) in [5.41, 5.74) is 2.57. The van der Waals surface area contributed by atoms with Crippen molar-refractivity contribution in [3.05, 3.63) is 65.7 Å². The molecule has 1 amide bonds. The predicted octanol–water partition coefficient (Wildman–Crippen LogP) is 3.45. The van der Waals surface area contributed by atoms with Gasteiger partial charge in [-0.25, -0.2) is 8.42 Å². The van der Waals surface area contributed by atoms with Crippen LogP contribution < -0.4 is 9.62 Å². The molecule has 0 bridgehead atoms. The Labute approximate surface area is 156 Å². The number of amides is 1.